The highest BCUT2D eigenvalue weighted by Crippen LogP contribution is 2.14. The minimum Gasteiger partial charge on any atom is -0.355 e. The summed E-state index contributed by atoms with van der Waals surface area (Å²) in [6.07, 6.45) is 0.375. The van der Waals surface area contributed by atoms with Crippen molar-refractivity contribution in [3.63, 3.8) is 0 Å². The first-order valence-electron chi connectivity index (χ1n) is 6.39. The molecule has 0 unspecified atom stereocenters. The van der Waals surface area contributed by atoms with Crippen LogP contribution in [0.25, 0.3) is 0 Å². The number of hydrogen-bond donors (Lipinski definition) is 3. The summed E-state index contributed by atoms with van der Waals surface area (Å²) in [7, 11) is 1.56. The van der Waals surface area contributed by atoms with Gasteiger partial charge in [-0.3, -0.25) is 9.59 Å². The monoisotopic (exact) mass is 263 g/mol. The van der Waals surface area contributed by atoms with E-state index in [-0.39, 0.29) is 11.8 Å². The van der Waals surface area contributed by atoms with Crippen LogP contribution in [-0.2, 0) is 4.79 Å². The predicted octanol–water partition coefficient (Wildman–Crippen LogP) is 1.37. The maximum Gasteiger partial charge on any atom is 0.253 e. The molecule has 0 bridgehead atoms. The third-order valence-corrected chi connectivity index (χ3v) is 2.58. The Kier molecular flexibility index (Phi) is 6.02. The van der Waals surface area contributed by atoms with Gasteiger partial charge in [0, 0.05) is 26.1 Å². The molecule has 1 rings (SSSR count). The van der Waals surface area contributed by atoms with Gasteiger partial charge in [0.05, 0.1) is 11.3 Å². The van der Waals surface area contributed by atoms with Gasteiger partial charge in [0.25, 0.3) is 5.91 Å². The van der Waals surface area contributed by atoms with Gasteiger partial charge in [0.2, 0.25) is 5.91 Å². The summed E-state index contributed by atoms with van der Waals surface area (Å²) in [5, 5.41) is 8.48. The van der Waals surface area contributed by atoms with Crippen molar-refractivity contribution in [1.29, 1.82) is 0 Å². The molecule has 3 N–H and O–H groups in total. The third kappa shape index (κ3) is 5.09. The topological polar surface area (TPSA) is 70.2 Å². The second-order valence-corrected chi connectivity index (χ2v) is 4.53. The molecule has 0 heterocycles. The van der Waals surface area contributed by atoms with Gasteiger partial charge in [0.15, 0.2) is 0 Å². The number of hydrogen-bond acceptors (Lipinski definition) is 3. The van der Waals surface area contributed by atoms with Crippen LogP contribution in [-0.4, -0.2) is 31.4 Å². The number of carbonyl (C=O) groups is 2. The van der Waals surface area contributed by atoms with Crippen molar-refractivity contribution < 1.29 is 9.59 Å². The Labute approximate surface area is 113 Å². The van der Waals surface area contributed by atoms with E-state index in [2.05, 4.69) is 16.0 Å². The molecular formula is C14H21N3O2. The van der Waals surface area contributed by atoms with Crippen molar-refractivity contribution >= 4 is 17.5 Å². The van der Waals surface area contributed by atoms with Crippen molar-refractivity contribution in [3.8, 4) is 0 Å². The summed E-state index contributed by atoms with van der Waals surface area (Å²) in [5.74, 6) is -0.319. The number of nitrogens with one attached hydrogen (secondary N) is 3. The zero-order valence-electron chi connectivity index (χ0n) is 11.6. The highest BCUT2D eigenvalue weighted by Gasteiger charge is 2.11. The summed E-state index contributed by atoms with van der Waals surface area (Å²) in [4.78, 5) is 23.4. The van der Waals surface area contributed by atoms with Crippen LogP contribution in [0, 0.1) is 0 Å². The second-order valence-electron chi connectivity index (χ2n) is 4.53. The Morgan fingerprint density at radius 2 is 1.89 bits per heavy atom. The van der Waals surface area contributed by atoms with Crippen LogP contribution in [0.5, 0.6) is 0 Å². The second kappa shape index (κ2) is 7.53. The zero-order chi connectivity index (χ0) is 14.3. The van der Waals surface area contributed by atoms with E-state index in [1.54, 1.807) is 31.3 Å². The highest BCUT2D eigenvalue weighted by molar-refractivity contribution is 6.03. The molecule has 5 nitrogen and oxygen atoms in total. The molecule has 0 saturated heterocycles. The summed E-state index contributed by atoms with van der Waals surface area (Å²) in [5.41, 5.74) is 1.01. The minimum atomic E-state index is -0.212. The molecule has 0 saturated carbocycles. The average molecular weight is 263 g/mol. The Morgan fingerprint density at radius 1 is 1.21 bits per heavy atom. The van der Waals surface area contributed by atoms with Crippen LogP contribution in [0.3, 0.4) is 0 Å². The Morgan fingerprint density at radius 3 is 2.53 bits per heavy atom. The average Bonchev–Trinajstić information content (AvgIpc) is 2.38. The lowest BCUT2D eigenvalue weighted by molar-refractivity contribution is -0.116. The molecule has 0 spiro atoms. The summed E-state index contributed by atoms with van der Waals surface area (Å²) < 4.78 is 0. The molecule has 0 aromatic heterocycles. The van der Waals surface area contributed by atoms with Gasteiger partial charge in [-0.25, -0.2) is 0 Å². The molecule has 5 heteroatoms. The number of carbonyl (C=O) groups excluding carboxylic acids is 2. The zero-order valence-corrected chi connectivity index (χ0v) is 11.6. The van der Waals surface area contributed by atoms with Crippen molar-refractivity contribution in [2.45, 2.75) is 26.3 Å². The van der Waals surface area contributed by atoms with E-state index in [0.29, 0.717) is 30.3 Å². The fraction of sp³-hybridized carbons (Fsp3) is 0.429. The molecule has 1 aromatic carbocycles. The van der Waals surface area contributed by atoms with Crippen LogP contribution in [0.2, 0.25) is 0 Å². The van der Waals surface area contributed by atoms with Crippen LogP contribution in [0.15, 0.2) is 24.3 Å². The molecule has 104 valence electrons. The standard InChI is InChI=1S/C14H21N3O2/c1-10(2)16-9-8-13(18)17-12-7-5-4-6-11(12)14(19)15-3/h4-7,10,16H,8-9H2,1-3H3,(H,15,19)(H,17,18). The fourth-order valence-electron chi connectivity index (χ4n) is 1.61. The number of para-hydroxylation sites is 1. The number of amides is 2. The molecule has 0 aliphatic carbocycles. The van der Waals surface area contributed by atoms with Crippen LogP contribution in [0.4, 0.5) is 5.69 Å². The Hall–Kier alpha value is -1.88. The molecule has 0 aliphatic heterocycles. The first-order chi connectivity index (χ1) is 9.04. The SMILES string of the molecule is CNC(=O)c1ccccc1NC(=O)CCNC(C)C. The summed E-state index contributed by atoms with van der Waals surface area (Å²) in [6, 6.07) is 7.31. The quantitative estimate of drug-likeness (QED) is 0.726. The largest absolute Gasteiger partial charge is 0.355 e. The van der Waals surface area contributed by atoms with E-state index in [0.717, 1.165) is 0 Å². The van der Waals surface area contributed by atoms with Gasteiger partial charge >= 0.3 is 0 Å². The van der Waals surface area contributed by atoms with Crippen LogP contribution in [0.1, 0.15) is 30.6 Å². The molecule has 0 fully saturated rings. The van der Waals surface area contributed by atoms with E-state index in [1.807, 2.05) is 13.8 Å². The van der Waals surface area contributed by atoms with Gasteiger partial charge in [-0.2, -0.15) is 0 Å². The Balaban J connectivity index is 2.61. The number of rotatable bonds is 6. The molecule has 2 amide bonds. The summed E-state index contributed by atoms with van der Waals surface area (Å²) >= 11 is 0. The molecule has 0 atom stereocenters. The van der Waals surface area contributed by atoms with Gasteiger partial charge in [0.1, 0.15) is 0 Å². The van der Waals surface area contributed by atoms with Gasteiger partial charge in [-0.05, 0) is 12.1 Å². The van der Waals surface area contributed by atoms with E-state index in [9.17, 15) is 9.59 Å². The number of benzene rings is 1. The van der Waals surface area contributed by atoms with Crippen molar-refractivity contribution in [2.75, 3.05) is 18.9 Å². The summed E-state index contributed by atoms with van der Waals surface area (Å²) in [6.45, 7) is 4.67. The van der Waals surface area contributed by atoms with E-state index in [4.69, 9.17) is 0 Å². The van der Waals surface area contributed by atoms with Gasteiger partial charge < -0.3 is 16.0 Å². The molecule has 1 aromatic rings. The van der Waals surface area contributed by atoms with Crippen molar-refractivity contribution in [2.24, 2.45) is 0 Å². The normalized spacial score (nSPS) is 10.3. The number of anilines is 1. The first-order valence-corrected chi connectivity index (χ1v) is 6.39. The molecule has 19 heavy (non-hydrogen) atoms. The van der Waals surface area contributed by atoms with Crippen LogP contribution >= 0.6 is 0 Å². The van der Waals surface area contributed by atoms with Crippen LogP contribution < -0.4 is 16.0 Å². The maximum absolute atomic E-state index is 11.8. The van der Waals surface area contributed by atoms with E-state index >= 15 is 0 Å². The smallest absolute Gasteiger partial charge is 0.253 e. The maximum atomic E-state index is 11.8. The predicted molar refractivity (Wildman–Crippen MR) is 76.2 cm³/mol. The lowest BCUT2D eigenvalue weighted by atomic mass is 10.1. The Bertz CT molecular complexity index is 444. The van der Waals surface area contributed by atoms with Gasteiger partial charge in [-0.1, -0.05) is 26.0 Å². The third-order valence-electron chi connectivity index (χ3n) is 2.58. The molecule has 0 aliphatic rings. The fourth-order valence-corrected chi connectivity index (χ4v) is 1.61. The van der Waals surface area contributed by atoms with Gasteiger partial charge in [-0.15, -0.1) is 0 Å². The van der Waals surface area contributed by atoms with Crippen molar-refractivity contribution in [1.82, 2.24) is 10.6 Å². The molecule has 0 radical (unpaired) electrons. The lowest BCUT2D eigenvalue weighted by Gasteiger charge is -2.11. The first kappa shape index (κ1) is 15.2. The lowest BCUT2D eigenvalue weighted by Crippen LogP contribution is -2.27. The van der Waals surface area contributed by atoms with E-state index < -0.39 is 0 Å². The minimum absolute atomic E-state index is 0.107. The van der Waals surface area contributed by atoms with E-state index in [1.165, 1.54) is 0 Å². The highest BCUT2D eigenvalue weighted by atomic mass is 16.2. The molecular weight excluding hydrogens is 242 g/mol. The van der Waals surface area contributed by atoms with Crippen molar-refractivity contribution in [3.05, 3.63) is 29.8 Å².